The lowest BCUT2D eigenvalue weighted by Crippen LogP contribution is -2.43. The first-order valence-corrected chi connectivity index (χ1v) is 4.94. The Labute approximate surface area is 90.1 Å². The van der Waals surface area contributed by atoms with Crippen LogP contribution in [0.5, 0.6) is 0 Å². The Bertz CT molecular complexity index is 309. The molecule has 1 rings (SSSR count). The fraction of sp³-hybridized carbons (Fsp3) is 0.333. The number of nitrogens with one attached hydrogen (secondary N) is 1. The Balaban J connectivity index is 2.62. The molecular weight excluding hydrogens is 190 g/mol. The van der Waals surface area contributed by atoms with Crippen molar-refractivity contribution in [2.45, 2.75) is 19.1 Å². The minimum Gasteiger partial charge on any atom is -0.391 e. The average Bonchev–Trinajstić information content (AvgIpc) is 2.19. The van der Waals surface area contributed by atoms with Crippen LogP contribution >= 0.6 is 0 Å². The highest BCUT2D eigenvalue weighted by molar-refractivity contribution is 5.95. The minimum absolute atomic E-state index is 0.112. The van der Waals surface area contributed by atoms with Crippen molar-refractivity contribution < 1.29 is 9.90 Å². The lowest BCUT2D eigenvalue weighted by Gasteiger charge is -2.17. The fourth-order valence-corrected chi connectivity index (χ4v) is 1.42. The van der Waals surface area contributed by atoms with Crippen LogP contribution in [-0.2, 0) is 4.79 Å². The van der Waals surface area contributed by atoms with Crippen LogP contribution in [0, 0.1) is 6.42 Å². The number of aliphatic hydroxyl groups excluding tert-OH is 1. The highest BCUT2D eigenvalue weighted by atomic mass is 16.3. The van der Waals surface area contributed by atoms with Gasteiger partial charge in [-0.05, 0) is 19.5 Å². The van der Waals surface area contributed by atoms with Gasteiger partial charge in [-0.2, -0.15) is 0 Å². The van der Waals surface area contributed by atoms with Gasteiger partial charge in [0.1, 0.15) is 0 Å². The van der Waals surface area contributed by atoms with E-state index in [2.05, 4.69) is 5.32 Å². The summed E-state index contributed by atoms with van der Waals surface area (Å²) in [6.45, 7) is 1.60. The summed E-state index contributed by atoms with van der Waals surface area (Å²) >= 11 is 0. The molecule has 0 aliphatic carbocycles. The van der Waals surface area contributed by atoms with Gasteiger partial charge in [0, 0.05) is 0 Å². The van der Waals surface area contributed by atoms with Crippen LogP contribution in [0.4, 0.5) is 0 Å². The van der Waals surface area contributed by atoms with Gasteiger partial charge in [0.15, 0.2) is 5.78 Å². The van der Waals surface area contributed by atoms with Crippen molar-refractivity contribution in [2.24, 2.45) is 0 Å². The van der Waals surface area contributed by atoms with E-state index < -0.39 is 12.1 Å². The molecule has 0 fully saturated rings. The summed E-state index contributed by atoms with van der Waals surface area (Å²) in [5.41, 5.74) is 0.850. The zero-order valence-corrected chi connectivity index (χ0v) is 8.97. The molecule has 0 aliphatic heterocycles. The molecule has 0 saturated carbocycles. The largest absolute Gasteiger partial charge is 0.391 e. The number of rotatable bonds is 5. The van der Waals surface area contributed by atoms with Gasteiger partial charge in [0.05, 0.1) is 18.6 Å². The van der Waals surface area contributed by atoms with Crippen LogP contribution in [0.3, 0.4) is 0 Å². The van der Waals surface area contributed by atoms with Crippen molar-refractivity contribution >= 4 is 5.78 Å². The number of aliphatic hydroxyl groups is 1. The standard InChI is InChI=1S/C12H16NO2/c1-9(14)12(13-2)11(15)8-10-6-4-3-5-7-10/h3-9,12-14H,1-2H3/t9-,12+/m1/s1. The van der Waals surface area contributed by atoms with Crippen molar-refractivity contribution in [3.05, 3.63) is 42.3 Å². The van der Waals surface area contributed by atoms with Gasteiger partial charge in [-0.25, -0.2) is 0 Å². The van der Waals surface area contributed by atoms with E-state index in [1.807, 2.05) is 30.3 Å². The van der Waals surface area contributed by atoms with Gasteiger partial charge < -0.3 is 10.4 Å². The van der Waals surface area contributed by atoms with Crippen molar-refractivity contribution in [3.8, 4) is 0 Å². The van der Waals surface area contributed by atoms with E-state index in [9.17, 15) is 9.90 Å². The molecule has 0 amide bonds. The van der Waals surface area contributed by atoms with E-state index >= 15 is 0 Å². The second-order valence-corrected chi connectivity index (χ2v) is 3.46. The first-order valence-electron chi connectivity index (χ1n) is 4.94. The summed E-state index contributed by atoms with van der Waals surface area (Å²) in [5.74, 6) is -0.112. The summed E-state index contributed by atoms with van der Waals surface area (Å²) < 4.78 is 0. The smallest absolute Gasteiger partial charge is 0.160 e. The molecular formula is C12H16NO2. The van der Waals surface area contributed by atoms with Gasteiger partial charge in [-0.1, -0.05) is 30.3 Å². The van der Waals surface area contributed by atoms with Crippen molar-refractivity contribution in [2.75, 3.05) is 7.05 Å². The molecule has 0 aliphatic rings. The van der Waals surface area contributed by atoms with Crippen LogP contribution < -0.4 is 5.32 Å². The number of hydrogen-bond donors (Lipinski definition) is 2. The Morgan fingerprint density at radius 3 is 2.47 bits per heavy atom. The first-order chi connectivity index (χ1) is 7.15. The lowest BCUT2D eigenvalue weighted by atomic mass is 10.0. The molecule has 0 spiro atoms. The van der Waals surface area contributed by atoms with E-state index in [1.165, 1.54) is 6.42 Å². The summed E-state index contributed by atoms with van der Waals surface area (Å²) in [6, 6.07) is 8.81. The van der Waals surface area contributed by atoms with Gasteiger partial charge >= 0.3 is 0 Å². The third kappa shape index (κ3) is 3.46. The summed E-state index contributed by atoms with van der Waals surface area (Å²) in [6.07, 6.45) is 0.843. The fourth-order valence-electron chi connectivity index (χ4n) is 1.42. The second kappa shape index (κ2) is 5.63. The van der Waals surface area contributed by atoms with E-state index in [4.69, 9.17) is 0 Å². The van der Waals surface area contributed by atoms with Gasteiger partial charge in [0.25, 0.3) is 0 Å². The Morgan fingerprint density at radius 1 is 1.40 bits per heavy atom. The molecule has 3 heteroatoms. The molecule has 0 bridgehead atoms. The number of carbonyl (C=O) groups is 1. The van der Waals surface area contributed by atoms with Gasteiger partial charge in [-0.3, -0.25) is 4.79 Å². The zero-order valence-electron chi connectivity index (χ0n) is 8.97. The molecule has 0 unspecified atom stereocenters. The molecule has 2 atom stereocenters. The normalized spacial score (nSPS) is 14.6. The Kier molecular flexibility index (Phi) is 4.46. The van der Waals surface area contributed by atoms with Crippen LogP contribution in [0.25, 0.3) is 0 Å². The van der Waals surface area contributed by atoms with Crippen molar-refractivity contribution in [3.63, 3.8) is 0 Å². The SMILES string of the molecule is CN[C@H](C(=O)[CH]c1ccccc1)[C@@H](C)O. The number of benzene rings is 1. The predicted molar refractivity (Wildman–Crippen MR) is 59.4 cm³/mol. The van der Waals surface area contributed by atoms with Crippen LogP contribution in [-0.4, -0.2) is 30.1 Å². The minimum atomic E-state index is -0.692. The molecule has 1 radical (unpaired) electrons. The predicted octanol–water partition coefficient (Wildman–Crippen LogP) is 0.777. The molecule has 1 aromatic carbocycles. The van der Waals surface area contributed by atoms with E-state index in [1.54, 1.807) is 14.0 Å². The average molecular weight is 206 g/mol. The van der Waals surface area contributed by atoms with Gasteiger partial charge in [0.2, 0.25) is 0 Å². The molecule has 1 aromatic rings. The highest BCUT2D eigenvalue weighted by Gasteiger charge is 2.21. The molecule has 2 N–H and O–H groups in total. The highest BCUT2D eigenvalue weighted by Crippen LogP contribution is 2.06. The summed E-state index contributed by atoms with van der Waals surface area (Å²) in [7, 11) is 1.66. The number of likely N-dealkylation sites (N-methyl/N-ethyl adjacent to an activating group) is 1. The van der Waals surface area contributed by atoms with E-state index in [0.29, 0.717) is 0 Å². The number of Topliss-reactive ketones (excluding diaryl/α,β-unsaturated/α-hetero) is 1. The van der Waals surface area contributed by atoms with Crippen molar-refractivity contribution in [1.29, 1.82) is 0 Å². The molecule has 81 valence electrons. The third-order valence-corrected chi connectivity index (χ3v) is 2.21. The van der Waals surface area contributed by atoms with Crippen LogP contribution in [0.1, 0.15) is 12.5 Å². The number of hydrogen-bond acceptors (Lipinski definition) is 3. The Morgan fingerprint density at radius 2 is 2.00 bits per heavy atom. The third-order valence-electron chi connectivity index (χ3n) is 2.21. The quantitative estimate of drug-likeness (QED) is 0.748. The first kappa shape index (κ1) is 11.9. The van der Waals surface area contributed by atoms with Crippen LogP contribution in [0.2, 0.25) is 0 Å². The van der Waals surface area contributed by atoms with E-state index in [0.717, 1.165) is 5.56 Å². The van der Waals surface area contributed by atoms with E-state index in [-0.39, 0.29) is 5.78 Å². The Hall–Kier alpha value is -1.19. The molecule has 3 nitrogen and oxygen atoms in total. The summed E-state index contributed by atoms with van der Waals surface area (Å²) in [5, 5.41) is 12.1. The maximum absolute atomic E-state index is 11.7. The topological polar surface area (TPSA) is 49.3 Å². The second-order valence-electron chi connectivity index (χ2n) is 3.46. The number of carbonyl (C=O) groups excluding carboxylic acids is 1. The van der Waals surface area contributed by atoms with Crippen LogP contribution in [0.15, 0.2) is 30.3 Å². The zero-order chi connectivity index (χ0) is 11.3. The lowest BCUT2D eigenvalue weighted by molar-refractivity contribution is -0.119. The van der Waals surface area contributed by atoms with Crippen molar-refractivity contribution in [1.82, 2.24) is 5.32 Å². The monoisotopic (exact) mass is 206 g/mol. The molecule has 0 heterocycles. The molecule has 15 heavy (non-hydrogen) atoms. The maximum atomic E-state index is 11.7. The summed E-state index contributed by atoms with van der Waals surface area (Å²) in [4.78, 5) is 11.7. The molecule has 0 saturated heterocycles. The molecule has 0 aromatic heterocycles. The van der Waals surface area contributed by atoms with Gasteiger partial charge in [-0.15, -0.1) is 0 Å². The number of ketones is 1. The maximum Gasteiger partial charge on any atom is 0.160 e.